The molecular weight excluding hydrogens is 240 g/mol. The van der Waals surface area contributed by atoms with Gasteiger partial charge in [-0.2, -0.15) is 0 Å². The zero-order valence-corrected chi connectivity index (χ0v) is 12.7. The molecule has 1 unspecified atom stereocenters. The molecule has 0 amide bonds. The molecule has 0 aliphatic heterocycles. The predicted molar refractivity (Wildman–Crippen MR) is 75.6 cm³/mol. The Morgan fingerprint density at radius 2 is 2.11 bits per heavy atom. The van der Waals surface area contributed by atoms with Gasteiger partial charge in [-0.15, -0.1) is 0 Å². The summed E-state index contributed by atoms with van der Waals surface area (Å²) in [5, 5.41) is 0. The van der Waals surface area contributed by atoms with Crippen LogP contribution in [0.2, 0.25) is 0 Å². The van der Waals surface area contributed by atoms with Gasteiger partial charge in [0.05, 0.1) is 6.61 Å². The van der Waals surface area contributed by atoms with Crippen molar-refractivity contribution in [2.45, 2.75) is 47.5 Å². The van der Waals surface area contributed by atoms with Gasteiger partial charge in [-0.3, -0.25) is 4.79 Å². The summed E-state index contributed by atoms with van der Waals surface area (Å²) in [6.45, 7) is 10.4. The first-order valence-corrected chi connectivity index (χ1v) is 7.23. The molecule has 0 spiro atoms. The molecule has 1 aliphatic rings. The number of allylic oxidation sites excluding steroid dienone is 1. The third kappa shape index (κ3) is 3.46. The number of esters is 1. The van der Waals surface area contributed by atoms with Crippen LogP contribution in [0.5, 0.6) is 0 Å². The maximum Gasteiger partial charge on any atom is 0.330 e. The van der Waals surface area contributed by atoms with Gasteiger partial charge in [-0.1, -0.05) is 26.8 Å². The number of ether oxygens (including phenoxy) is 1. The quantitative estimate of drug-likeness (QED) is 0.578. The highest BCUT2D eigenvalue weighted by Crippen LogP contribution is 2.43. The second kappa shape index (κ2) is 6.36. The molecular formula is C16H26O3. The Morgan fingerprint density at radius 3 is 2.63 bits per heavy atom. The standard InChI is InChI=1S/C16H26O3/c1-6-19-14(17)9-10-16(5)12(4)7-8-13(11(2)3)15(16)18/h9-13H,6-8H2,1-5H3/b10-9+/t12-,13+,16?/m1/s1. The SMILES string of the molecule is CCOC(=O)/C=C/C1(C)C(=O)[C@H](C(C)C)CC[C@H]1C. The molecule has 0 aromatic rings. The van der Waals surface area contributed by atoms with Gasteiger partial charge in [-0.05, 0) is 38.5 Å². The zero-order chi connectivity index (χ0) is 14.6. The van der Waals surface area contributed by atoms with Gasteiger partial charge in [0, 0.05) is 17.4 Å². The van der Waals surface area contributed by atoms with E-state index < -0.39 is 5.41 Å². The predicted octanol–water partition coefficient (Wildman–Crippen LogP) is 3.38. The Bertz CT molecular complexity index is 370. The lowest BCUT2D eigenvalue weighted by Gasteiger charge is -2.41. The third-order valence-corrected chi connectivity index (χ3v) is 4.46. The van der Waals surface area contributed by atoms with Gasteiger partial charge in [0.2, 0.25) is 0 Å². The maximum atomic E-state index is 12.7. The highest BCUT2D eigenvalue weighted by molar-refractivity contribution is 5.91. The summed E-state index contributed by atoms with van der Waals surface area (Å²) in [7, 11) is 0. The first-order valence-electron chi connectivity index (χ1n) is 7.23. The molecule has 0 heterocycles. The molecule has 1 aliphatic carbocycles. The van der Waals surface area contributed by atoms with Gasteiger partial charge in [0.1, 0.15) is 5.78 Å². The second-order valence-electron chi connectivity index (χ2n) is 6.06. The number of ketones is 1. The second-order valence-corrected chi connectivity index (χ2v) is 6.06. The van der Waals surface area contributed by atoms with Crippen molar-refractivity contribution in [3.8, 4) is 0 Å². The molecule has 1 rings (SSSR count). The first kappa shape index (κ1) is 15.9. The first-order chi connectivity index (χ1) is 8.82. The van der Waals surface area contributed by atoms with E-state index in [0.717, 1.165) is 12.8 Å². The Kier molecular flexibility index (Phi) is 5.33. The van der Waals surface area contributed by atoms with Gasteiger partial charge < -0.3 is 4.74 Å². The average Bonchev–Trinajstić information content (AvgIpc) is 2.34. The summed E-state index contributed by atoms with van der Waals surface area (Å²) < 4.78 is 4.89. The Balaban J connectivity index is 2.91. The number of rotatable bonds is 4. The van der Waals surface area contributed by atoms with E-state index in [1.54, 1.807) is 13.0 Å². The van der Waals surface area contributed by atoms with E-state index in [-0.39, 0.29) is 23.6 Å². The summed E-state index contributed by atoms with van der Waals surface area (Å²) >= 11 is 0. The Hall–Kier alpha value is -1.12. The van der Waals surface area contributed by atoms with Crippen molar-refractivity contribution in [2.24, 2.45) is 23.2 Å². The summed E-state index contributed by atoms with van der Waals surface area (Å²) in [4.78, 5) is 24.1. The summed E-state index contributed by atoms with van der Waals surface area (Å²) in [6, 6.07) is 0. The highest BCUT2D eigenvalue weighted by atomic mass is 16.5. The Labute approximate surface area is 116 Å². The van der Waals surface area contributed by atoms with E-state index in [2.05, 4.69) is 20.8 Å². The molecule has 3 nitrogen and oxygen atoms in total. The lowest BCUT2D eigenvalue weighted by molar-refractivity contribution is -0.137. The largest absolute Gasteiger partial charge is 0.463 e. The van der Waals surface area contributed by atoms with Gasteiger partial charge in [0.25, 0.3) is 0 Å². The average molecular weight is 266 g/mol. The monoisotopic (exact) mass is 266 g/mol. The number of hydrogen-bond donors (Lipinski definition) is 0. The molecule has 108 valence electrons. The highest BCUT2D eigenvalue weighted by Gasteiger charge is 2.44. The fourth-order valence-corrected chi connectivity index (χ4v) is 2.82. The normalized spacial score (nSPS) is 32.0. The minimum Gasteiger partial charge on any atom is -0.463 e. The van der Waals surface area contributed by atoms with E-state index in [4.69, 9.17) is 4.74 Å². The molecule has 1 fully saturated rings. The van der Waals surface area contributed by atoms with Crippen molar-refractivity contribution < 1.29 is 14.3 Å². The maximum absolute atomic E-state index is 12.7. The van der Waals surface area contributed by atoms with Crippen LogP contribution in [0.1, 0.15) is 47.5 Å². The van der Waals surface area contributed by atoms with Crippen molar-refractivity contribution >= 4 is 11.8 Å². The van der Waals surface area contributed by atoms with Gasteiger partial charge in [0.15, 0.2) is 0 Å². The molecule has 1 saturated carbocycles. The fraction of sp³-hybridized carbons (Fsp3) is 0.750. The fourth-order valence-electron chi connectivity index (χ4n) is 2.82. The number of Topliss-reactive ketones (excluding diaryl/α,β-unsaturated/α-hetero) is 1. The topological polar surface area (TPSA) is 43.4 Å². The van der Waals surface area contributed by atoms with E-state index in [1.165, 1.54) is 6.08 Å². The summed E-state index contributed by atoms with van der Waals surface area (Å²) in [5.74, 6) is 0.626. The van der Waals surface area contributed by atoms with Crippen molar-refractivity contribution in [1.29, 1.82) is 0 Å². The van der Waals surface area contributed by atoms with Crippen LogP contribution in [0.25, 0.3) is 0 Å². The lowest BCUT2D eigenvalue weighted by Crippen LogP contribution is -2.43. The van der Waals surface area contributed by atoms with Crippen LogP contribution >= 0.6 is 0 Å². The third-order valence-electron chi connectivity index (χ3n) is 4.46. The van der Waals surface area contributed by atoms with Crippen LogP contribution in [0.4, 0.5) is 0 Å². The smallest absolute Gasteiger partial charge is 0.330 e. The molecule has 0 bridgehead atoms. The minimum atomic E-state index is -0.542. The van der Waals surface area contributed by atoms with E-state index in [0.29, 0.717) is 12.5 Å². The molecule has 3 atom stereocenters. The van der Waals surface area contributed by atoms with E-state index in [9.17, 15) is 9.59 Å². The van der Waals surface area contributed by atoms with Crippen LogP contribution in [0, 0.1) is 23.2 Å². The van der Waals surface area contributed by atoms with Crippen LogP contribution in [-0.4, -0.2) is 18.4 Å². The molecule has 0 saturated heterocycles. The molecule has 0 aromatic carbocycles. The molecule has 3 heteroatoms. The number of carbonyl (C=O) groups is 2. The van der Waals surface area contributed by atoms with Crippen LogP contribution in [-0.2, 0) is 14.3 Å². The number of hydrogen-bond acceptors (Lipinski definition) is 3. The molecule has 0 aromatic heterocycles. The van der Waals surface area contributed by atoms with Crippen molar-refractivity contribution in [2.75, 3.05) is 6.61 Å². The van der Waals surface area contributed by atoms with Crippen molar-refractivity contribution in [1.82, 2.24) is 0 Å². The van der Waals surface area contributed by atoms with E-state index >= 15 is 0 Å². The van der Waals surface area contributed by atoms with Crippen LogP contribution < -0.4 is 0 Å². The van der Waals surface area contributed by atoms with Crippen LogP contribution in [0.15, 0.2) is 12.2 Å². The Morgan fingerprint density at radius 1 is 1.47 bits per heavy atom. The summed E-state index contributed by atoms with van der Waals surface area (Å²) in [6.07, 6.45) is 5.16. The van der Waals surface area contributed by atoms with E-state index in [1.807, 2.05) is 6.92 Å². The molecule has 19 heavy (non-hydrogen) atoms. The molecule has 0 radical (unpaired) electrons. The van der Waals surface area contributed by atoms with Gasteiger partial charge >= 0.3 is 5.97 Å². The minimum absolute atomic E-state index is 0.105. The van der Waals surface area contributed by atoms with Crippen LogP contribution in [0.3, 0.4) is 0 Å². The summed E-state index contributed by atoms with van der Waals surface area (Å²) in [5.41, 5.74) is -0.542. The van der Waals surface area contributed by atoms with Gasteiger partial charge in [-0.25, -0.2) is 4.79 Å². The van der Waals surface area contributed by atoms with Crippen molar-refractivity contribution in [3.63, 3.8) is 0 Å². The molecule has 0 N–H and O–H groups in total. The zero-order valence-electron chi connectivity index (χ0n) is 12.7. The van der Waals surface area contributed by atoms with Crippen molar-refractivity contribution in [3.05, 3.63) is 12.2 Å². The lowest BCUT2D eigenvalue weighted by atomic mass is 9.61. The number of carbonyl (C=O) groups excluding carboxylic acids is 2.